The fourth-order valence-electron chi connectivity index (χ4n) is 1.98. The summed E-state index contributed by atoms with van der Waals surface area (Å²) in [6.45, 7) is 1.81. The van der Waals surface area contributed by atoms with Crippen LogP contribution in [0.2, 0.25) is 0 Å². The third-order valence-corrected chi connectivity index (χ3v) is 3.27. The average molecular weight is 344 g/mol. The number of benzene rings is 1. The van der Waals surface area contributed by atoms with E-state index in [-0.39, 0.29) is 11.4 Å². The number of ether oxygens (including phenoxy) is 2. The lowest BCUT2D eigenvalue weighted by molar-refractivity contribution is -0.385. The molecule has 0 bridgehead atoms. The number of nitrogens with zero attached hydrogens (tertiary/aromatic N) is 3. The monoisotopic (exact) mass is 344 g/mol. The molecule has 1 N–H and O–H groups in total. The van der Waals surface area contributed by atoms with Gasteiger partial charge in [-0.25, -0.2) is 5.43 Å². The summed E-state index contributed by atoms with van der Waals surface area (Å²) in [5.41, 5.74) is 3.54. The molecule has 1 aromatic heterocycles. The summed E-state index contributed by atoms with van der Waals surface area (Å²) in [4.78, 5) is 26.5. The number of aromatic nitrogens is 1. The number of pyridine rings is 1. The lowest BCUT2D eigenvalue weighted by Gasteiger charge is -2.08. The van der Waals surface area contributed by atoms with Gasteiger partial charge >= 0.3 is 5.69 Å². The predicted molar refractivity (Wildman–Crippen MR) is 90.2 cm³/mol. The van der Waals surface area contributed by atoms with Gasteiger partial charge in [0.05, 0.1) is 30.9 Å². The Balaban J connectivity index is 2.22. The van der Waals surface area contributed by atoms with Crippen molar-refractivity contribution in [2.45, 2.75) is 6.92 Å². The molecule has 0 spiro atoms. The van der Waals surface area contributed by atoms with Gasteiger partial charge in [-0.2, -0.15) is 5.10 Å². The van der Waals surface area contributed by atoms with Crippen molar-refractivity contribution in [2.75, 3.05) is 14.2 Å². The van der Waals surface area contributed by atoms with Gasteiger partial charge in [0.25, 0.3) is 5.91 Å². The molecule has 0 saturated heterocycles. The van der Waals surface area contributed by atoms with Crippen LogP contribution in [0.4, 0.5) is 5.69 Å². The summed E-state index contributed by atoms with van der Waals surface area (Å²) in [6.07, 6.45) is 2.68. The largest absolute Gasteiger partial charge is 0.496 e. The Morgan fingerprint density at radius 1 is 1.28 bits per heavy atom. The molecule has 1 heterocycles. The fourth-order valence-corrected chi connectivity index (χ4v) is 1.98. The molecule has 1 aromatic carbocycles. The van der Waals surface area contributed by atoms with Crippen LogP contribution in [0.15, 0.2) is 35.6 Å². The van der Waals surface area contributed by atoms with Crippen molar-refractivity contribution in [3.05, 3.63) is 57.4 Å². The summed E-state index contributed by atoms with van der Waals surface area (Å²) in [5, 5.41) is 14.9. The molecule has 2 aromatic rings. The van der Waals surface area contributed by atoms with E-state index in [1.165, 1.54) is 38.8 Å². The summed E-state index contributed by atoms with van der Waals surface area (Å²) in [6, 6.07) is 5.95. The highest BCUT2D eigenvalue weighted by atomic mass is 16.6. The van der Waals surface area contributed by atoms with Crippen molar-refractivity contribution < 1.29 is 19.2 Å². The Hall–Kier alpha value is -3.49. The molecule has 0 unspecified atom stereocenters. The van der Waals surface area contributed by atoms with E-state index in [0.717, 1.165) is 5.69 Å². The zero-order valence-corrected chi connectivity index (χ0v) is 13.8. The van der Waals surface area contributed by atoms with Gasteiger partial charge in [-0.3, -0.25) is 19.9 Å². The van der Waals surface area contributed by atoms with E-state index in [1.54, 1.807) is 12.1 Å². The third-order valence-electron chi connectivity index (χ3n) is 3.27. The molecule has 1 amide bonds. The van der Waals surface area contributed by atoms with Crippen LogP contribution in [0.1, 0.15) is 21.6 Å². The number of hydrogen-bond acceptors (Lipinski definition) is 7. The summed E-state index contributed by atoms with van der Waals surface area (Å²) >= 11 is 0. The Morgan fingerprint density at radius 2 is 2.00 bits per heavy atom. The number of aryl methyl sites for hydroxylation is 1. The van der Waals surface area contributed by atoms with E-state index in [9.17, 15) is 14.9 Å². The van der Waals surface area contributed by atoms with Crippen LogP contribution in [0.25, 0.3) is 0 Å². The molecule has 0 radical (unpaired) electrons. The second-order valence-electron chi connectivity index (χ2n) is 4.91. The minimum Gasteiger partial charge on any atom is -0.496 e. The van der Waals surface area contributed by atoms with Crippen LogP contribution in [0.3, 0.4) is 0 Å². The first-order valence-corrected chi connectivity index (χ1v) is 7.12. The predicted octanol–water partition coefficient (Wildman–Crippen LogP) is 2.08. The highest BCUT2D eigenvalue weighted by molar-refractivity contribution is 5.95. The molecule has 0 aliphatic heterocycles. The van der Waals surface area contributed by atoms with Crippen LogP contribution in [-0.2, 0) is 0 Å². The van der Waals surface area contributed by atoms with E-state index in [1.807, 2.05) is 6.92 Å². The second kappa shape index (κ2) is 7.86. The van der Waals surface area contributed by atoms with Crippen molar-refractivity contribution in [1.29, 1.82) is 0 Å². The highest BCUT2D eigenvalue weighted by Gasteiger charge is 2.18. The Morgan fingerprint density at radius 3 is 2.56 bits per heavy atom. The van der Waals surface area contributed by atoms with E-state index in [4.69, 9.17) is 9.47 Å². The first-order valence-electron chi connectivity index (χ1n) is 7.12. The summed E-state index contributed by atoms with van der Waals surface area (Å²) in [7, 11) is 2.74. The maximum atomic E-state index is 12.0. The van der Waals surface area contributed by atoms with Gasteiger partial charge in [0.15, 0.2) is 0 Å². The van der Waals surface area contributed by atoms with Gasteiger partial charge < -0.3 is 9.47 Å². The topological polar surface area (TPSA) is 116 Å². The van der Waals surface area contributed by atoms with Crippen molar-refractivity contribution in [1.82, 2.24) is 10.4 Å². The lowest BCUT2D eigenvalue weighted by atomic mass is 10.1. The zero-order chi connectivity index (χ0) is 18.4. The molecule has 0 aliphatic carbocycles. The van der Waals surface area contributed by atoms with Gasteiger partial charge in [-0.1, -0.05) is 0 Å². The minimum absolute atomic E-state index is 0.0637. The molecule has 2 rings (SSSR count). The molecular weight excluding hydrogens is 328 g/mol. The van der Waals surface area contributed by atoms with Crippen LogP contribution in [0, 0.1) is 17.0 Å². The van der Waals surface area contributed by atoms with Crippen molar-refractivity contribution in [3.8, 4) is 11.5 Å². The SMILES string of the molecule is COc1cc(OC)c([N+](=O)[O-])cc1/C=N/NC(=O)c1ccc(C)nc1. The maximum Gasteiger partial charge on any atom is 0.311 e. The molecule has 0 fully saturated rings. The Labute approximate surface area is 143 Å². The number of hydrogen-bond donors (Lipinski definition) is 1. The normalized spacial score (nSPS) is 10.5. The molecule has 9 nitrogen and oxygen atoms in total. The van der Waals surface area contributed by atoms with Gasteiger partial charge in [-0.15, -0.1) is 0 Å². The minimum atomic E-state index is -0.577. The standard InChI is InChI=1S/C16H16N4O5/c1-10-4-5-11(8-17-10)16(21)19-18-9-12-6-13(20(22)23)15(25-3)7-14(12)24-2/h4-9H,1-3H3,(H,19,21)/b18-9+. The molecule has 0 atom stereocenters. The van der Waals surface area contributed by atoms with E-state index >= 15 is 0 Å². The second-order valence-corrected chi connectivity index (χ2v) is 4.91. The van der Waals surface area contributed by atoms with Crippen LogP contribution >= 0.6 is 0 Å². The van der Waals surface area contributed by atoms with E-state index in [0.29, 0.717) is 16.9 Å². The smallest absolute Gasteiger partial charge is 0.311 e. The van der Waals surface area contributed by atoms with Gasteiger partial charge in [0.2, 0.25) is 5.75 Å². The number of nitrogens with one attached hydrogen (secondary N) is 1. The van der Waals surface area contributed by atoms with Crippen molar-refractivity contribution in [3.63, 3.8) is 0 Å². The number of nitro benzene ring substituents is 1. The fraction of sp³-hybridized carbons (Fsp3) is 0.188. The number of carbonyl (C=O) groups is 1. The van der Waals surface area contributed by atoms with Gasteiger partial charge in [0, 0.05) is 29.6 Å². The highest BCUT2D eigenvalue weighted by Crippen LogP contribution is 2.33. The number of amides is 1. The number of rotatable bonds is 6. The first kappa shape index (κ1) is 17.9. The Kier molecular flexibility index (Phi) is 5.62. The number of methoxy groups -OCH3 is 2. The van der Waals surface area contributed by atoms with E-state index in [2.05, 4.69) is 15.5 Å². The molecule has 0 saturated carbocycles. The van der Waals surface area contributed by atoms with Gasteiger partial charge in [0.1, 0.15) is 5.75 Å². The van der Waals surface area contributed by atoms with E-state index < -0.39 is 10.8 Å². The molecular formula is C16H16N4O5. The zero-order valence-electron chi connectivity index (χ0n) is 13.8. The lowest BCUT2D eigenvalue weighted by Crippen LogP contribution is -2.17. The third kappa shape index (κ3) is 4.28. The van der Waals surface area contributed by atoms with Crippen LogP contribution in [-0.4, -0.2) is 36.2 Å². The average Bonchev–Trinajstić information content (AvgIpc) is 2.61. The molecule has 9 heteroatoms. The van der Waals surface area contributed by atoms with Crippen LogP contribution in [0.5, 0.6) is 11.5 Å². The number of hydrazone groups is 1. The maximum absolute atomic E-state index is 12.0. The Bertz CT molecular complexity index is 818. The quantitative estimate of drug-likeness (QED) is 0.487. The molecule has 130 valence electrons. The molecule has 0 aliphatic rings. The number of nitro groups is 1. The summed E-state index contributed by atoms with van der Waals surface area (Å²) in [5.74, 6) is -0.0723. The number of carbonyl (C=O) groups excluding carboxylic acids is 1. The van der Waals surface area contributed by atoms with Gasteiger partial charge in [-0.05, 0) is 19.1 Å². The molecule has 25 heavy (non-hydrogen) atoms. The van der Waals surface area contributed by atoms with Crippen molar-refractivity contribution >= 4 is 17.8 Å². The summed E-state index contributed by atoms with van der Waals surface area (Å²) < 4.78 is 10.1. The van der Waals surface area contributed by atoms with Crippen molar-refractivity contribution in [2.24, 2.45) is 5.10 Å². The first-order chi connectivity index (χ1) is 12.0. The van der Waals surface area contributed by atoms with Crippen LogP contribution < -0.4 is 14.9 Å².